The summed E-state index contributed by atoms with van der Waals surface area (Å²) >= 11 is 0. The topological polar surface area (TPSA) is 96.5 Å². The van der Waals surface area contributed by atoms with Gasteiger partial charge in [-0.2, -0.15) is 0 Å². The van der Waals surface area contributed by atoms with Gasteiger partial charge in [-0.15, -0.1) is 5.10 Å². The zero-order valence-corrected chi connectivity index (χ0v) is 13.4. The van der Waals surface area contributed by atoms with Crippen LogP contribution in [0.5, 0.6) is 0 Å². The normalized spacial score (nSPS) is 10.4. The molecule has 0 aliphatic carbocycles. The summed E-state index contributed by atoms with van der Waals surface area (Å²) in [5.41, 5.74) is 1.32. The lowest BCUT2D eigenvalue weighted by molar-refractivity contribution is 0.0425. The number of methoxy groups -OCH3 is 1. The van der Waals surface area contributed by atoms with Crippen LogP contribution >= 0.6 is 0 Å². The molecule has 0 radical (unpaired) electrons. The molecule has 25 heavy (non-hydrogen) atoms. The van der Waals surface area contributed by atoms with Gasteiger partial charge in [0.1, 0.15) is 5.56 Å². The highest BCUT2D eigenvalue weighted by molar-refractivity contribution is 5.90. The monoisotopic (exact) mass is 341 g/mol. The Kier molecular flexibility index (Phi) is 4.89. The van der Waals surface area contributed by atoms with Crippen molar-refractivity contribution in [2.45, 2.75) is 13.2 Å². The van der Waals surface area contributed by atoms with Crippen molar-refractivity contribution in [2.75, 3.05) is 7.11 Å². The molecule has 8 nitrogen and oxygen atoms in total. The molecule has 0 fully saturated rings. The van der Waals surface area contributed by atoms with E-state index in [4.69, 9.17) is 9.15 Å². The Hall–Kier alpha value is -3.42. The molecule has 2 heterocycles. The maximum atomic E-state index is 12.1. The largest absolute Gasteiger partial charge is 0.465 e. The van der Waals surface area contributed by atoms with Gasteiger partial charge in [0.25, 0.3) is 0 Å². The molecule has 2 aromatic heterocycles. The molecule has 0 atom stereocenters. The van der Waals surface area contributed by atoms with Gasteiger partial charge >= 0.3 is 11.9 Å². The van der Waals surface area contributed by atoms with Crippen molar-refractivity contribution in [3.8, 4) is 0 Å². The number of carbonyl (C=O) groups excluding carboxylic acids is 2. The third-order valence-electron chi connectivity index (χ3n) is 3.42. The molecule has 8 heteroatoms. The van der Waals surface area contributed by atoms with Gasteiger partial charge in [-0.3, -0.25) is 0 Å². The quantitative estimate of drug-likeness (QED) is 0.633. The van der Waals surface area contributed by atoms with E-state index in [2.05, 4.69) is 15.0 Å². The van der Waals surface area contributed by atoms with Gasteiger partial charge in [-0.05, 0) is 11.6 Å². The number of nitrogens with zero attached hydrogens (tertiary/aromatic N) is 3. The average Bonchev–Trinajstić information content (AvgIpc) is 3.29. The van der Waals surface area contributed by atoms with E-state index in [1.165, 1.54) is 25.6 Å². The predicted molar refractivity (Wildman–Crippen MR) is 84.7 cm³/mol. The minimum Gasteiger partial charge on any atom is -0.465 e. The summed E-state index contributed by atoms with van der Waals surface area (Å²) in [6.45, 7) is 0.285. The van der Waals surface area contributed by atoms with Crippen LogP contribution in [0.3, 0.4) is 0 Å². The number of benzene rings is 1. The van der Waals surface area contributed by atoms with Gasteiger partial charge < -0.3 is 13.9 Å². The summed E-state index contributed by atoms with van der Waals surface area (Å²) < 4.78 is 16.4. The summed E-state index contributed by atoms with van der Waals surface area (Å²) in [7, 11) is 1.26. The molecular weight excluding hydrogens is 326 g/mol. The van der Waals surface area contributed by atoms with Crippen LogP contribution < -0.4 is 0 Å². The fraction of sp³-hybridized carbons (Fsp3) is 0.176. The molecule has 1 aromatic carbocycles. The maximum absolute atomic E-state index is 12.1. The summed E-state index contributed by atoms with van der Waals surface area (Å²) in [5.74, 6) is -1.02. The number of hydrogen-bond acceptors (Lipinski definition) is 7. The minimum absolute atomic E-state index is 0.0714. The van der Waals surface area contributed by atoms with Crippen LogP contribution in [-0.4, -0.2) is 34.0 Å². The number of aromatic nitrogens is 3. The van der Waals surface area contributed by atoms with E-state index in [0.29, 0.717) is 6.54 Å². The summed E-state index contributed by atoms with van der Waals surface area (Å²) in [5, 5.41) is 7.71. The van der Waals surface area contributed by atoms with E-state index < -0.39 is 11.9 Å². The lowest BCUT2D eigenvalue weighted by atomic mass is 10.2. The van der Waals surface area contributed by atoms with Crippen LogP contribution in [0.25, 0.3) is 0 Å². The Balaban J connectivity index is 1.61. The van der Waals surface area contributed by atoms with E-state index >= 15 is 0 Å². The molecule has 0 saturated carbocycles. The first-order valence-corrected chi connectivity index (χ1v) is 7.43. The average molecular weight is 341 g/mol. The maximum Gasteiger partial charge on any atom is 0.360 e. The molecule has 3 aromatic rings. The molecular formula is C17H15N3O5. The standard InChI is InChI=1S/C17H15N3O5/c1-23-16(21)13-7-8-24-15(13)11-25-17(22)14-10-20(19-18-14)9-12-5-3-2-4-6-12/h2-8,10H,9,11H2,1H3. The number of hydrogen-bond donors (Lipinski definition) is 0. The number of furan rings is 1. The Morgan fingerprint density at radius 2 is 1.96 bits per heavy atom. The first-order chi connectivity index (χ1) is 12.2. The van der Waals surface area contributed by atoms with E-state index in [-0.39, 0.29) is 23.6 Å². The first kappa shape index (κ1) is 16.4. The molecule has 3 rings (SSSR count). The Morgan fingerprint density at radius 1 is 1.16 bits per heavy atom. The molecule has 0 saturated heterocycles. The molecule has 0 bridgehead atoms. The van der Waals surface area contributed by atoms with E-state index in [1.807, 2.05) is 30.3 Å². The molecule has 128 valence electrons. The Labute approximate surface area is 143 Å². The highest BCUT2D eigenvalue weighted by atomic mass is 16.5. The lowest BCUT2D eigenvalue weighted by Crippen LogP contribution is -2.09. The first-order valence-electron chi connectivity index (χ1n) is 7.43. The fourth-order valence-electron chi connectivity index (χ4n) is 2.19. The predicted octanol–water partition coefficient (Wildman–Crippen LogP) is 2.06. The summed E-state index contributed by atoms with van der Waals surface area (Å²) in [6, 6.07) is 11.1. The van der Waals surface area contributed by atoms with Crippen molar-refractivity contribution in [3.63, 3.8) is 0 Å². The van der Waals surface area contributed by atoms with Gasteiger partial charge in [0.05, 0.1) is 26.1 Å². The van der Waals surface area contributed by atoms with Crippen LogP contribution in [-0.2, 0) is 22.6 Å². The number of rotatable bonds is 6. The molecule has 0 aliphatic heterocycles. The van der Waals surface area contributed by atoms with Crippen molar-refractivity contribution in [1.29, 1.82) is 0 Å². The smallest absolute Gasteiger partial charge is 0.360 e. The molecule has 0 N–H and O–H groups in total. The fourth-order valence-corrected chi connectivity index (χ4v) is 2.19. The zero-order valence-electron chi connectivity index (χ0n) is 13.4. The zero-order chi connectivity index (χ0) is 17.6. The summed E-state index contributed by atoms with van der Waals surface area (Å²) in [6.07, 6.45) is 2.82. The molecule has 0 spiro atoms. The second-order valence-corrected chi connectivity index (χ2v) is 5.11. The Morgan fingerprint density at radius 3 is 2.72 bits per heavy atom. The van der Waals surface area contributed by atoms with Crippen LogP contribution in [0.2, 0.25) is 0 Å². The van der Waals surface area contributed by atoms with Gasteiger partial charge in [-0.25, -0.2) is 14.3 Å². The van der Waals surface area contributed by atoms with Crippen molar-refractivity contribution in [3.05, 3.63) is 71.4 Å². The third-order valence-corrected chi connectivity index (χ3v) is 3.42. The van der Waals surface area contributed by atoms with Gasteiger partial charge in [0.15, 0.2) is 18.1 Å². The van der Waals surface area contributed by atoms with E-state index in [1.54, 1.807) is 4.68 Å². The van der Waals surface area contributed by atoms with E-state index in [9.17, 15) is 9.59 Å². The van der Waals surface area contributed by atoms with Gasteiger partial charge in [-0.1, -0.05) is 35.5 Å². The van der Waals surface area contributed by atoms with Crippen molar-refractivity contribution in [2.24, 2.45) is 0 Å². The van der Waals surface area contributed by atoms with Crippen molar-refractivity contribution in [1.82, 2.24) is 15.0 Å². The van der Waals surface area contributed by atoms with Gasteiger partial charge in [0.2, 0.25) is 0 Å². The highest BCUT2D eigenvalue weighted by Crippen LogP contribution is 2.14. The third kappa shape index (κ3) is 3.92. The number of carbonyl (C=O) groups is 2. The summed E-state index contributed by atoms with van der Waals surface area (Å²) in [4.78, 5) is 23.6. The van der Waals surface area contributed by atoms with Crippen LogP contribution in [0.15, 0.2) is 53.3 Å². The van der Waals surface area contributed by atoms with Crippen LogP contribution in [0.1, 0.15) is 32.2 Å². The second-order valence-electron chi connectivity index (χ2n) is 5.11. The highest BCUT2D eigenvalue weighted by Gasteiger charge is 2.18. The SMILES string of the molecule is COC(=O)c1ccoc1COC(=O)c1cn(Cc2ccccc2)nn1. The van der Waals surface area contributed by atoms with Gasteiger partial charge in [0, 0.05) is 0 Å². The van der Waals surface area contributed by atoms with Crippen LogP contribution in [0.4, 0.5) is 0 Å². The van der Waals surface area contributed by atoms with Crippen molar-refractivity contribution < 1.29 is 23.5 Å². The van der Waals surface area contributed by atoms with E-state index in [0.717, 1.165) is 5.56 Å². The number of ether oxygens (including phenoxy) is 2. The number of esters is 2. The Bertz CT molecular complexity index is 869. The lowest BCUT2D eigenvalue weighted by Gasteiger charge is -2.02. The minimum atomic E-state index is -0.661. The van der Waals surface area contributed by atoms with Crippen molar-refractivity contribution >= 4 is 11.9 Å². The molecule has 0 amide bonds. The second kappa shape index (κ2) is 7.43. The van der Waals surface area contributed by atoms with Crippen LogP contribution in [0, 0.1) is 0 Å². The molecule has 0 aliphatic rings. The molecule has 0 unspecified atom stereocenters.